The van der Waals surface area contributed by atoms with Crippen molar-refractivity contribution in [3.63, 3.8) is 0 Å². The van der Waals surface area contributed by atoms with Crippen LogP contribution in [0.4, 0.5) is 28.4 Å². The smallest absolute Gasteiger partial charge is 0.122 e. The minimum absolute atomic E-state index is 0.791. The molecule has 14 rings (SSSR count). The molecule has 0 radical (unpaired) electrons. The summed E-state index contributed by atoms with van der Waals surface area (Å²) < 4.78 is 2.52. The standard InChI is InChI=1S/C71H49N3/c1-6-24-51(25-7-1)60-37-22-38-61(52-26-8-2-9-27-52)70(60)73-68-40-21-19-36-64(68)65-46-44-58(49-69(65)73)72(55-31-12-4-13-32-55)57-43-45-63-62-35-18-20-39-66(62)71(67(63)48-57,54-29-10-3-11-30-54)74(56-33-14-5-15-34-56)59-42-41-50-23-16-17-28-53(50)47-59/h1-49H. The molecule has 1 unspecified atom stereocenters. The lowest BCUT2D eigenvalue weighted by atomic mass is 9.78. The third-order valence-corrected chi connectivity index (χ3v) is 15.1. The molecular formula is C71H49N3. The van der Waals surface area contributed by atoms with E-state index in [1.807, 2.05) is 0 Å². The van der Waals surface area contributed by atoms with Gasteiger partial charge in [-0.15, -0.1) is 0 Å². The van der Waals surface area contributed by atoms with Gasteiger partial charge in [0, 0.05) is 50.3 Å². The van der Waals surface area contributed by atoms with Crippen LogP contribution in [0.5, 0.6) is 0 Å². The molecule has 0 bridgehead atoms. The molecule has 74 heavy (non-hydrogen) atoms. The van der Waals surface area contributed by atoms with Gasteiger partial charge in [0.05, 0.1) is 16.7 Å². The summed E-state index contributed by atoms with van der Waals surface area (Å²) in [5.41, 5.74) is 18.8. The fraction of sp³-hybridized carbons (Fsp3) is 0.0141. The number of fused-ring (bicyclic) bond motifs is 7. The predicted octanol–water partition coefficient (Wildman–Crippen LogP) is 18.9. The molecule has 0 saturated heterocycles. The van der Waals surface area contributed by atoms with Crippen LogP contribution in [0.2, 0.25) is 0 Å². The van der Waals surface area contributed by atoms with Gasteiger partial charge in [-0.3, -0.25) is 0 Å². The third kappa shape index (κ3) is 6.89. The van der Waals surface area contributed by atoms with Crippen molar-refractivity contribution < 1.29 is 0 Å². The van der Waals surface area contributed by atoms with Crippen molar-refractivity contribution in [3.8, 4) is 39.1 Å². The Kier molecular flexibility index (Phi) is 10.4. The average Bonchev–Trinajstić information content (AvgIpc) is 3.96. The van der Waals surface area contributed by atoms with Crippen LogP contribution in [0.15, 0.2) is 297 Å². The van der Waals surface area contributed by atoms with Crippen molar-refractivity contribution >= 4 is 61.0 Å². The molecule has 1 aliphatic carbocycles. The van der Waals surface area contributed by atoms with Gasteiger partial charge in [-0.1, -0.05) is 231 Å². The second-order valence-electron chi connectivity index (χ2n) is 19.2. The fourth-order valence-corrected chi connectivity index (χ4v) is 12.0. The van der Waals surface area contributed by atoms with Crippen LogP contribution >= 0.6 is 0 Å². The second kappa shape index (κ2) is 17.9. The molecule has 0 aliphatic heterocycles. The highest BCUT2D eigenvalue weighted by Gasteiger charge is 2.50. The van der Waals surface area contributed by atoms with E-state index in [9.17, 15) is 0 Å². The van der Waals surface area contributed by atoms with E-state index < -0.39 is 5.54 Å². The maximum atomic E-state index is 2.59. The van der Waals surface area contributed by atoms with Crippen molar-refractivity contribution in [2.75, 3.05) is 9.80 Å². The maximum Gasteiger partial charge on any atom is 0.122 e. The summed E-state index contributed by atoms with van der Waals surface area (Å²) in [5.74, 6) is 0. The fourth-order valence-electron chi connectivity index (χ4n) is 12.0. The van der Waals surface area contributed by atoms with Crippen LogP contribution in [0, 0.1) is 0 Å². The highest BCUT2D eigenvalue weighted by molar-refractivity contribution is 6.12. The van der Waals surface area contributed by atoms with E-state index in [1.165, 1.54) is 71.6 Å². The Labute approximate surface area is 431 Å². The van der Waals surface area contributed by atoms with E-state index in [0.29, 0.717) is 0 Å². The molecule has 12 aromatic carbocycles. The van der Waals surface area contributed by atoms with E-state index in [0.717, 1.165) is 45.2 Å². The van der Waals surface area contributed by atoms with E-state index in [4.69, 9.17) is 0 Å². The summed E-state index contributed by atoms with van der Waals surface area (Å²) in [4.78, 5) is 5.04. The van der Waals surface area contributed by atoms with Crippen LogP contribution in [0.3, 0.4) is 0 Å². The first-order chi connectivity index (χ1) is 36.7. The molecule has 1 aromatic heterocycles. The summed E-state index contributed by atoms with van der Waals surface area (Å²) in [7, 11) is 0. The quantitative estimate of drug-likeness (QED) is 0.135. The number of hydrogen-bond acceptors (Lipinski definition) is 2. The van der Waals surface area contributed by atoms with Gasteiger partial charge in [-0.25, -0.2) is 0 Å². The predicted molar refractivity (Wildman–Crippen MR) is 311 cm³/mol. The molecular weight excluding hydrogens is 895 g/mol. The molecule has 3 heteroatoms. The first-order valence-electron chi connectivity index (χ1n) is 25.5. The summed E-state index contributed by atoms with van der Waals surface area (Å²) in [6.45, 7) is 0. The highest BCUT2D eigenvalue weighted by Crippen LogP contribution is 2.59. The summed E-state index contributed by atoms with van der Waals surface area (Å²) in [5, 5.41) is 4.81. The molecule has 1 heterocycles. The first-order valence-corrected chi connectivity index (χ1v) is 25.5. The lowest BCUT2D eigenvalue weighted by Crippen LogP contribution is -2.44. The Morgan fingerprint density at radius 3 is 1.51 bits per heavy atom. The van der Waals surface area contributed by atoms with E-state index >= 15 is 0 Å². The minimum Gasteiger partial charge on any atom is -0.323 e. The Balaban J connectivity index is 1.05. The Morgan fingerprint density at radius 2 is 0.797 bits per heavy atom. The van der Waals surface area contributed by atoms with Gasteiger partial charge in [0.15, 0.2) is 0 Å². The monoisotopic (exact) mass is 943 g/mol. The molecule has 0 fully saturated rings. The van der Waals surface area contributed by atoms with E-state index in [1.54, 1.807) is 0 Å². The zero-order chi connectivity index (χ0) is 49.0. The highest BCUT2D eigenvalue weighted by atomic mass is 15.2. The van der Waals surface area contributed by atoms with Gasteiger partial charge in [-0.05, 0) is 116 Å². The summed E-state index contributed by atoms with van der Waals surface area (Å²) >= 11 is 0. The SMILES string of the molecule is c1ccc(-c2cccc(-c3ccccc3)c2-n2c3ccccc3c3ccc(N(c4ccccc4)c4ccc5c(c4)C(c4ccccc4)(N(c4ccccc4)c4ccc6ccccc6c4)c4ccccc4-5)cc32)cc1. The number of anilines is 5. The normalized spacial score (nSPS) is 13.7. The Morgan fingerprint density at radius 1 is 0.284 bits per heavy atom. The molecule has 0 saturated carbocycles. The van der Waals surface area contributed by atoms with Crippen molar-refractivity contribution in [3.05, 3.63) is 314 Å². The Hall–Kier alpha value is -9.70. The zero-order valence-corrected chi connectivity index (χ0v) is 40.6. The molecule has 13 aromatic rings. The van der Waals surface area contributed by atoms with Crippen LogP contribution in [0.25, 0.3) is 71.6 Å². The number of aromatic nitrogens is 1. The third-order valence-electron chi connectivity index (χ3n) is 15.1. The maximum absolute atomic E-state index is 2.59. The minimum atomic E-state index is -0.791. The van der Waals surface area contributed by atoms with Crippen LogP contribution in [-0.2, 0) is 5.54 Å². The van der Waals surface area contributed by atoms with Crippen molar-refractivity contribution in [2.45, 2.75) is 5.54 Å². The van der Waals surface area contributed by atoms with E-state index in [2.05, 4.69) is 312 Å². The molecule has 0 amide bonds. The van der Waals surface area contributed by atoms with Crippen molar-refractivity contribution in [1.29, 1.82) is 0 Å². The molecule has 348 valence electrons. The van der Waals surface area contributed by atoms with Gasteiger partial charge < -0.3 is 14.4 Å². The largest absolute Gasteiger partial charge is 0.323 e. The second-order valence-corrected chi connectivity index (χ2v) is 19.2. The molecule has 1 aliphatic rings. The van der Waals surface area contributed by atoms with Crippen LogP contribution in [-0.4, -0.2) is 4.57 Å². The number of rotatable bonds is 10. The van der Waals surface area contributed by atoms with Gasteiger partial charge in [0.2, 0.25) is 0 Å². The topological polar surface area (TPSA) is 11.4 Å². The number of benzene rings is 12. The van der Waals surface area contributed by atoms with Gasteiger partial charge in [0.1, 0.15) is 5.54 Å². The van der Waals surface area contributed by atoms with Crippen molar-refractivity contribution in [1.82, 2.24) is 4.57 Å². The molecule has 1 atom stereocenters. The average molecular weight is 944 g/mol. The Bertz CT molecular complexity index is 4130. The summed E-state index contributed by atoms with van der Waals surface area (Å²) in [6, 6.07) is 109. The van der Waals surface area contributed by atoms with E-state index in [-0.39, 0.29) is 0 Å². The molecule has 0 spiro atoms. The molecule has 3 nitrogen and oxygen atoms in total. The van der Waals surface area contributed by atoms with Gasteiger partial charge in [0.25, 0.3) is 0 Å². The van der Waals surface area contributed by atoms with Gasteiger partial charge >= 0.3 is 0 Å². The number of nitrogens with zero attached hydrogens (tertiary/aromatic N) is 3. The van der Waals surface area contributed by atoms with Crippen LogP contribution < -0.4 is 9.80 Å². The zero-order valence-electron chi connectivity index (χ0n) is 40.6. The first kappa shape index (κ1) is 43.1. The number of para-hydroxylation sites is 4. The molecule has 0 N–H and O–H groups in total. The van der Waals surface area contributed by atoms with Crippen LogP contribution in [0.1, 0.15) is 16.7 Å². The number of hydrogen-bond donors (Lipinski definition) is 0. The lowest BCUT2D eigenvalue weighted by Gasteiger charge is -2.45. The lowest BCUT2D eigenvalue weighted by molar-refractivity contribution is 0.644. The van der Waals surface area contributed by atoms with Crippen molar-refractivity contribution in [2.24, 2.45) is 0 Å². The van der Waals surface area contributed by atoms with Gasteiger partial charge in [-0.2, -0.15) is 0 Å². The summed E-state index contributed by atoms with van der Waals surface area (Å²) in [6.07, 6.45) is 0.